The van der Waals surface area contributed by atoms with Crippen molar-refractivity contribution in [2.24, 2.45) is 11.8 Å². The molecule has 1 heterocycles. The molecule has 2 rings (SSSR count). The van der Waals surface area contributed by atoms with E-state index in [-0.39, 0.29) is 0 Å². The number of rotatable bonds is 5. The van der Waals surface area contributed by atoms with Crippen molar-refractivity contribution in [1.82, 2.24) is 15.0 Å². The zero-order valence-corrected chi connectivity index (χ0v) is 12.2. The topological polar surface area (TPSA) is 98.0 Å². The van der Waals surface area contributed by atoms with Gasteiger partial charge >= 0.3 is 6.01 Å². The number of nitrogens with two attached hydrogens (primary N) is 1. The van der Waals surface area contributed by atoms with Crippen LogP contribution >= 0.6 is 0 Å². The van der Waals surface area contributed by atoms with Gasteiger partial charge in [-0.25, -0.2) is 5.84 Å². The zero-order chi connectivity index (χ0) is 14.4. The van der Waals surface area contributed by atoms with Gasteiger partial charge in [0.25, 0.3) is 0 Å². The highest BCUT2D eigenvalue weighted by Crippen LogP contribution is 2.25. The Kier molecular flexibility index (Phi) is 5.34. The number of ether oxygens (including phenoxy) is 1. The van der Waals surface area contributed by atoms with Gasteiger partial charge < -0.3 is 10.1 Å². The highest BCUT2D eigenvalue weighted by Gasteiger charge is 2.21. The van der Waals surface area contributed by atoms with E-state index in [0.717, 1.165) is 6.42 Å². The molecule has 0 amide bonds. The number of hydrazine groups is 1. The molecule has 1 aromatic rings. The van der Waals surface area contributed by atoms with Crippen LogP contribution < -0.4 is 21.3 Å². The molecule has 1 aromatic heterocycles. The van der Waals surface area contributed by atoms with Gasteiger partial charge in [0.2, 0.25) is 11.9 Å². The average Bonchev–Trinajstić information content (AvgIpc) is 2.64. The van der Waals surface area contributed by atoms with Crippen LogP contribution in [0, 0.1) is 5.92 Å². The molecule has 1 aliphatic carbocycles. The van der Waals surface area contributed by atoms with E-state index in [1.165, 1.54) is 25.7 Å². The number of anilines is 2. The first kappa shape index (κ1) is 14.8. The summed E-state index contributed by atoms with van der Waals surface area (Å²) in [6.45, 7) is 4.67. The number of nitrogens with zero attached hydrogens (tertiary/aromatic N) is 3. The molecular formula is C13H24N6O. The summed E-state index contributed by atoms with van der Waals surface area (Å²) in [4.78, 5) is 12.6. The van der Waals surface area contributed by atoms with Crippen molar-refractivity contribution < 1.29 is 4.74 Å². The third-order valence-electron chi connectivity index (χ3n) is 3.69. The highest BCUT2D eigenvalue weighted by molar-refractivity contribution is 5.35. The first-order valence-electron chi connectivity index (χ1n) is 7.35. The van der Waals surface area contributed by atoms with Gasteiger partial charge in [-0.1, -0.05) is 26.2 Å². The Hall–Kier alpha value is -1.63. The molecular weight excluding hydrogens is 256 g/mol. The van der Waals surface area contributed by atoms with Crippen molar-refractivity contribution >= 4 is 11.9 Å². The van der Waals surface area contributed by atoms with Crippen molar-refractivity contribution in [3.63, 3.8) is 0 Å². The summed E-state index contributed by atoms with van der Waals surface area (Å²) in [5, 5.41) is 3.41. The fourth-order valence-electron chi connectivity index (χ4n) is 2.55. The molecule has 0 aliphatic heterocycles. The predicted octanol–water partition coefficient (Wildman–Crippen LogP) is 1.94. The Bertz CT molecular complexity index is 427. The molecule has 0 radical (unpaired) electrons. The van der Waals surface area contributed by atoms with Gasteiger partial charge in [0, 0.05) is 6.04 Å². The zero-order valence-electron chi connectivity index (χ0n) is 12.2. The average molecular weight is 280 g/mol. The summed E-state index contributed by atoms with van der Waals surface area (Å²) in [7, 11) is 0. The van der Waals surface area contributed by atoms with Crippen LogP contribution in [0.1, 0.15) is 46.0 Å². The Morgan fingerprint density at radius 3 is 2.65 bits per heavy atom. The molecule has 2 unspecified atom stereocenters. The lowest BCUT2D eigenvalue weighted by Gasteiger charge is -2.22. The van der Waals surface area contributed by atoms with Crippen molar-refractivity contribution in [2.75, 3.05) is 17.3 Å². The van der Waals surface area contributed by atoms with Gasteiger partial charge in [0.1, 0.15) is 0 Å². The first-order valence-corrected chi connectivity index (χ1v) is 7.35. The standard InChI is InChI=1S/C13H24N6O/c1-3-20-13-17-11(16-12(18-13)19-14)15-10-8-6-4-5-7-9(10)2/h9-10H,3-8,14H2,1-2H3,(H2,15,16,17,18,19). The van der Waals surface area contributed by atoms with Crippen molar-refractivity contribution in [3.8, 4) is 6.01 Å². The van der Waals surface area contributed by atoms with Crippen LogP contribution in [0.25, 0.3) is 0 Å². The maximum absolute atomic E-state index is 5.38. The van der Waals surface area contributed by atoms with Crippen LogP contribution in [-0.2, 0) is 0 Å². The third kappa shape index (κ3) is 3.93. The summed E-state index contributed by atoms with van der Waals surface area (Å²) in [5.41, 5.74) is 2.44. The molecule has 20 heavy (non-hydrogen) atoms. The molecule has 7 heteroatoms. The van der Waals surface area contributed by atoms with Crippen LogP contribution in [0.4, 0.5) is 11.9 Å². The largest absolute Gasteiger partial charge is 0.464 e. The smallest absolute Gasteiger partial charge is 0.323 e. The van der Waals surface area contributed by atoms with Crippen LogP contribution in [0.2, 0.25) is 0 Å². The molecule has 1 saturated carbocycles. The van der Waals surface area contributed by atoms with E-state index in [9.17, 15) is 0 Å². The van der Waals surface area contributed by atoms with Crippen molar-refractivity contribution in [3.05, 3.63) is 0 Å². The molecule has 1 fully saturated rings. The molecule has 2 atom stereocenters. The minimum Gasteiger partial charge on any atom is -0.464 e. The Labute approximate surface area is 119 Å². The van der Waals surface area contributed by atoms with Crippen molar-refractivity contribution in [2.45, 2.75) is 52.0 Å². The van der Waals surface area contributed by atoms with Gasteiger partial charge in [0.05, 0.1) is 6.61 Å². The number of nitrogen functional groups attached to an aromatic ring is 1. The lowest BCUT2D eigenvalue weighted by molar-refractivity contribution is 0.312. The van der Waals surface area contributed by atoms with Gasteiger partial charge in [-0.2, -0.15) is 15.0 Å². The highest BCUT2D eigenvalue weighted by atomic mass is 16.5. The van der Waals surface area contributed by atoms with E-state index in [0.29, 0.717) is 36.5 Å². The number of nitrogens with one attached hydrogen (secondary N) is 2. The molecule has 1 aliphatic rings. The fourth-order valence-corrected chi connectivity index (χ4v) is 2.55. The molecule has 0 bridgehead atoms. The minimum absolute atomic E-state index is 0.291. The lowest BCUT2D eigenvalue weighted by Crippen LogP contribution is -2.28. The second kappa shape index (κ2) is 7.23. The molecule has 7 nitrogen and oxygen atoms in total. The number of aromatic nitrogens is 3. The van der Waals surface area contributed by atoms with Crippen LogP contribution in [0.15, 0.2) is 0 Å². The number of hydrogen-bond donors (Lipinski definition) is 3. The Balaban J connectivity index is 2.12. The molecule has 0 spiro atoms. The van der Waals surface area contributed by atoms with E-state index in [1.807, 2.05) is 6.92 Å². The Morgan fingerprint density at radius 1 is 1.15 bits per heavy atom. The van der Waals surface area contributed by atoms with Gasteiger partial charge in [-0.3, -0.25) is 5.43 Å². The molecule has 0 saturated heterocycles. The van der Waals surface area contributed by atoms with Crippen LogP contribution in [0.5, 0.6) is 6.01 Å². The summed E-state index contributed by atoms with van der Waals surface area (Å²) in [6.07, 6.45) is 6.23. The second-order valence-corrected chi connectivity index (χ2v) is 5.21. The lowest BCUT2D eigenvalue weighted by atomic mass is 9.97. The van der Waals surface area contributed by atoms with E-state index < -0.39 is 0 Å². The van der Waals surface area contributed by atoms with E-state index >= 15 is 0 Å². The van der Waals surface area contributed by atoms with Crippen molar-refractivity contribution in [1.29, 1.82) is 0 Å². The monoisotopic (exact) mass is 280 g/mol. The molecule has 4 N–H and O–H groups in total. The first-order chi connectivity index (χ1) is 9.72. The predicted molar refractivity (Wildman–Crippen MR) is 78.5 cm³/mol. The van der Waals surface area contributed by atoms with Gasteiger partial charge in [0.15, 0.2) is 0 Å². The minimum atomic E-state index is 0.291. The summed E-state index contributed by atoms with van der Waals surface area (Å²) in [5.74, 6) is 6.83. The van der Waals surface area contributed by atoms with Gasteiger partial charge in [-0.15, -0.1) is 0 Å². The summed E-state index contributed by atoms with van der Waals surface area (Å²) < 4.78 is 5.33. The third-order valence-corrected chi connectivity index (χ3v) is 3.69. The summed E-state index contributed by atoms with van der Waals surface area (Å²) >= 11 is 0. The molecule has 112 valence electrons. The van der Waals surface area contributed by atoms with E-state index in [2.05, 4.69) is 32.6 Å². The quantitative estimate of drug-likeness (QED) is 0.430. The maximum atomic E-state index is 5.38. The Morgan fingerprint density at radius 2 is 1.90 bits per heavy atom. The summed E-state index contributed by atoms with van der Waals surface area (Å²) in [6, 6.07) is 0.680. The van der Waals surface area contributed by atoms with E-state index in [1.54, 1.807) is 0 Å². The maximum Gasteiger partial charge on any atom is 0.323 e. The second-order valence-electron chi connectivity index (χ2n) is 5.21. The molecule has 0 aromatic carbocycles. The number of hydrogen-bond acceptors (Lipinski definition) is 7. The van der Waals surface area contributed by atoms with Gasteiger partial charge in [-0.05, 0) is 25.7 Å². The van der Waals surface area contributed by atoms with Crippen LogP contribution in [-0.4, -0.2) is 27.6 Å². The van der Waals surface area contributed by atoms with Crippen LogP contribution in [0.3, 0.4) is 0 Å². The normalized spacial score (nSPS) is 22.9. The van der Waals surface area contributed by atoms with E-state index in [4.69, 9.17) is 10.6 Å². The SMILES string of the molecule is CCOc1nc(NN)nc(NC2CCCCCC2C)n1. The fraction of sp³-hybridized carbons (Fsp3) is 0.769.